The van der Waals surface area contributed by atoms with Gasteiger partial charge in [-0.25, -0.2) is 0 Å². The summed E-state index contributed by atoms with van der Waals surface area (Å²) in [7, 11) is 0. The molecule has 0 unspecified atom stereocenters. The first-order valence-electron chi connectivity index (χ1n) is 4.72. The molecule has 2 aromatic rings. The molecule has 17 heavy (non-hydrogen) atoms. The van der Waals surface area contributed by atoms with Crippen LogP contribution in [0.4, 0.5) is 13.2 Å². The number of hydrogen-bond donors (Lipinski definition) is 0. The van der Waals surface area contributed by atoms with Crippen LogP contribution in [0.25, 0.3) is 10.4 Å². The fraction of sp³-hybridized carbons (Fsp3) is 0.0833. The summed E-state index contributed by atoms with van der Waals surface area (Å²) in [5.74, 6) is 0. The Labute approximate surface area is 99.5 Å². The summed E-state index contributed by atoms with van der Waals surface area (Å²) >= 11 is 1.13. The van der Waals surface area contributed by atoms with Crippen LogP contribution in [0, 0.1) is 0 Å². The van der Waals surface area contributed by atoms with Crippen molar-refractivity contribution in [2.24, 2.45) is 0 Å². The normalized spacial score (nSPS) is 11.5. The highest BCUT2D eigenvalue weighted by atomic mass is 32.1. The third kappa shape index (κ3) is 2.39. The van der Waals surface area contributed by atoms with Crippen LogP contribution in [0.1, 0.15) is 15.9 Å². The van der Waals surface area contributed by atoms with Crippen molar-refractivity contribution in [1.29, 1.82) is 0 Å². The van der Waals surface area contributed by atoms with Crippen LogP contribution in [0.5, 0.6) is 0 Å². The monoisotopic (exact) mass is 256 g/mol. The smallest absolute Gasteiger partial charge is 0.298 e. The summed E-state index contributed by atoms with van der Waals surface area (Å²) in [4.78, 5) is 11.0. The molecule has 2 rings (SSSR count). The van der Waals surface area contributed by atoms with Gasteiger partial charge in [-0.3, -0.25) is 4.79 Å². The highest BCUT2D eigenvalue weighted by molar-refractivity contribution is 7.13. The van der Waals surface area contributed by atoms with Gasteiger partial charge in [0.25, 0.3) is 0 Å². The standard InChI is InChI=1S/C12H7F3OS/c13-12(14,15)10-4-2-1-3-9(10)11-5-8(6-16)7-17-11/h1-7H. The van der Waals surface area contributed by atoms with E-state index in [0.717, 1.165) is 17.4 Å². The van der Waals surface area contributed by atoms with E-state index in [4.69, 9.17) is 0 Å². The Morgan fingerprint density at radius 3 is 2.47 bits per heavy atom. The lowest BCUT2D eigenvalue weighted by atomic mass is 10.1. The molecule has 0 amide bonds. The molecular weight excluding hydrogens is 249 g/mol. The number of alkyl halides is 3. The van der Waals surface area contributed by atoms with Crippen molar-refractivity contribution in [3.8, 4) is 10.4 Å². The SMILES string of the molecule is O=Cc1csc(-c2ccccc2C(F)(F)F)c1. The summed E-state index contributed by atoms with van der Waals surface area (Å²) in [6, 6.07) is 6.80. The van der Waals surface area contributed by atoms with Crippen LogP contribution in [-0.2, 0) is 6.18 Å². The van der Waals surface area contributed by atoms with Gasteiger partial charge in [0.15, 0.2) is 6.29 Å². The van der Waals surface area contributed by atoms with Crippen molar-refractivity contribution in [3.63, 3.8) is 0 Å². The van der Waals surface area contributed by atoms with Gasteiger partial charge in [-0.15, -0.1) is 11.3 Å². The Bertz CT molecular complexity index is 543. The molecule has 0 saturated heterocycles. The van der Waals surface area contributed by atoms with Crippen LogP contribution < -0.4 is 0 Å². The Kier molecular flexibility index (Phi) is 3.02. The second-order valence-corrected chi connectivity index (χ2v) is 4.32. The van der Waals surface area contributed by atoms with E-state index in [-0.39, 0.29) is 5.56 Å². The Morgan fingerprint density at radius 2 is 1.88 bits per heavy atom. The van der Waals surface area contributed by atoms with E-state index >= 15 is 0 Å². The average Bonchev–Trinajstić information content (AvgIpc) is 2.76. The van der Waals surface area contributed by atoms with Gasteiger partial charge in [0.1, 0.15) is 0 Å². The number of halogens is 3. The predicted molar refractivity (Wildman–Crippen MR) is 60.1 cm³/mol. The van der Waals surface area contributed by atoms with E-state index < -0.39 is 11.7 Å². The first-order valence-corrected chi connectivity index (χ1v) is 5.60. The molecule has 1 nitrogen and oxygen atoms in total. The van der Waals surface area contributed by atoms with Gasteiger partial charge in [0.2, 0.25) is 0 Å². The molecule has 1 aromatic heterocycles. The molecule has 0 N–H and O–H groups in total. The number of carbonyl (C=O) groups excluding carboxylic acids is 1. The molecule has 88 valence electrons. The minimum absolute atomic E-state index is 0.109. The second kappa shape index (κ2) is 4.33. The molecule has 0 aliphatic carbocycles. The quantitative estimate of drug-likeness (QED) is 0.734. The lowest BCUT2D eigenvalue weighted by Crippen LogP contribution is -2.06. The number of carbonyl (C=O) groups is 1. The van der Waals surface area contributed by atoms with E-state index in [1.54, 1.807) is 6.07 Å². The summed E-state index contributed by atoms with van der Waals surface area (Å²) in [5.41, 5.74) is -0.181. The first kappa shape index (κ1) is 11.9. The summed E-state index contributed by atoms with van der Waals surface area (Å²) in [5, 5.41) is 1.54. The molecule has 1 heterocycles. The Balaban J connectivity index is 2.55. The van der Waals surface area contributed by atoms with Gasteiger partial charge >= 0.3 is 6.18 Å². The van der Waals surface area contributed by atoms with Crippen LogP contribution in [0.2, 0.25) is 0 Å². The molecule has 0 bridgehead atoms. The van der Waals surface area contributed by atoms with Gasteiger partial charge in [-0.2, -0.15) is 13.2 Å². The van der Waals surface area contributed by atoms with E-state index in [2.05, 4.69) is 0 Å². The molecule has 0 spiro atoms. The lowest BCUT2D eigenvalue weighted by Gasteiger charge is -2.10. The molecule has 0 atom stereocenters. The fourth-order valence-corrected chi connectivity index (χ4v) is 2.39. The van der Waals surface area contributed by atoms with Gasteiger partial charge < -0.3 is 0 Å². The summed E-state index contributed by atoms with van der Waals surface area (Å²) in [6.45, 7) is 0. The third-order valence-corrected chi connectivity index (χ3v) is 3.24. The van der Waals surface area contributed by atoms with Crippen molar-refractivity contribution >= 4 is 17.6 Å². The van der Waals surface area contributed by atoms with Crippen LogP contribution >= 0.6 is 11.3 Å². The van der Waals surface area contributed by atoms with E-state index in [1.807, 2.05) is 0 Å². The van der Waals surface area contributed by atoms with E-state index in [0.29, 0.717) is 16.7 Å². The maximum absolute atomic E-state index is 12.8. The summed E-state index contributed by atoms with van der Waals surface area (Å²) < 4.78 is 38.3. The lowest BCUT2D eigenvalue weighted by molar-refractivity contribution is -0.137. The van der Waals surface area contributed by atoms with Gasteiger partial charge in [0, 0.05) is 21.4 Å². The van der Waals surface area contributed by atoms with E-state index in [1.165, 1.54) is 23.6 Å². The molecule has 1 aromatic carbocycles. The zero-order valence-corrected chi connectivity index (χ0v) is 9.31. The first-order chi connectivity index (χ1) is 8.02. The Hall–Kier alpha value is -1.62. The molecule has 0 saturated carbocycles. The third-order valence-electron chi connectivity index (χ3n) is 2.25. The highest BCUT2D eigenvalue weighted by Gasteiger charge is 2.33. The van der Waals surface area contributed by atoms with Gasteiger partial charge in [-0.1, -0.05) is 18.2 Å². The van der Waals surface area contributed by atoms with Crippen LogP contribution in [-0.4, -0.2) is 6.29 Å². The minimum atomic E-state index is -4.39. The zero-order chi connectivity index (χ0) is 12.5. The number of aldehydes is 1. The fourth-order valence-electron chi connectivity index (χ4n) is 1.50. The minimum Gasteiger partial charge on any atom is -0.298 e. The summed E-state index contributed by atoms with van der Waals surface area (Å²) in [6.07, 6.45) is -3.77. The van der Waals surface area contributed by atoms with Gasteiger partial charge in [0.05, 0.1) is 5.56 Å². The van der Waals surface area contributed by atoms with Crippen molar-refractivity contribution in [1.82, 2.24) is 0 Å². The average molecular weight is 256 g/mol. The van der Waals surface area contributed by atoms with Crippen LogP contribution in [0.15, 0.2) is 35.7 Å². The van der Waals surface area contributed by atoms with Crippen molar-refractivity contribution < 1.29 is 18.0 Å². The molecular formula is C12H7F3OS. The van der Waals surface area contributed by atoms with Crippen molar-refractivity contribution in [3.05, 3.63) is 46.8 Å². The second-order valence-electron chi connectivity index (χ2n) is 3.41. The molecule has 0 aliphatic rings. The molecule has 5 heteroatoms. The zero-order valence-electron chi connectivity index (χ0n) is 8.49. The number of thiophene rings is 1. The van der Waals surface area contributed by atoms with Crippen LogP contribution in [0.3, 0.4) is 0 Å². The largest absolute Gasteiger partial charge is 0.417 e. The Morgan fingerprint density at radius 1 is 1.18 bits per heavy atom. The number of rotatable bonds is 2. The molecule has 0 fully saturated rings. The van der Waals surface area contributed by atoms with E-state index in [9.17, 15) is 18.0 Å². The maximum Gasteiger partial charge on any atom is 0.417 e. The highest BCUT2D eigenvalue weighted by Crippen LogP contribution is 2.38. The molecule has 0 aliphatic heterocycles. The van der Waals surface area contributed by atoms with Gasteiger partial charge in [-0.05, 0) is 12.1 Å². The topological polar surface area (TPSA) is 17.1 Å². The number of hydrogen-bond acceptors (Lipinski definition) is 2. The number of benzene rings is 1. The predicted octanol–water partition coefficient (Wildman–Crippen LogP) is 4.25. The van der Waals surface area contributed by atoms with Crippen molar-refractivity contribution in [2.75, 3.05) is 0 Å². The van der Waals surface area contributed by atoms with Crippen molar-refractivity contribution in [2.45, 2.75) is 6.18 Å². The molecule has 0 radical (unpaired) electrons. The maximum atomic E-state index is 12.8.